The Morgan fingerprint density at radius 2 is 0.909 bits per heavy atom. The number of nitrogens with zero attached hydrogens (tertiary/aromatic N) is 1. The van der Waals surface area contributed by atoms with E-state index in [0.717, 1.165) is 46.3 Å². The van der Waals surface area contributed by atoms with Crippen molar-refractivity contribution in [2.75, 3.05) is 52.9 Å². The van der Waals surface area contributed by atoms with Gasteiger partial charge in [-0.2, -0.15) is 0 Å². The zero-order valence-electron chi connectivity index (χ0n) is 24.2. The first-order valence-corrected chi connectivity index (χ1v) is 14.8. The van der Waals surface area contributed by atoms with Crippen LogP contribution in [0.15, 0.2) is 91.3 Å². The van der Waals surface area contributed by atoms with Crippen LogP contribution in [0.4, 0.5) is 0 Å². The molecule has 5 aromatic rings. The number of epoxide rings is 2. The fraction of sp³-hybridized carbons (Fsp3) is 0.286. The number of hydrogen-bond acceptors (Lipinski definition) is 9. The lowest BCUT2D eigenvalue weighted by atomic mass is 10.1. The molecule has 3 heterocycles. The van der Waals surface area contributed by atoms with Gasteiger partial charge >= 0.3 is 0 Å². The smallest absolute Gasteiger partial charge is 0.149 e. The van der Waals surface area contributed by atoms with E-state index < -0.39 is 0 Å². The molecule has 2 atom stereocenters. The number of ether oxygens (including phenoxy) is 8. The van der Waals surface area contributed by atoms with E-state index in [1.54, 1.807) is 12.4 Å². The van der Waals surface area contributed by atoms with Crippen molar-refractivity contribution in [3.05, 3.63) is 91.3 Å². The van der Waals surface area contributed by atoms with Crippen molar-refractivity contribution in [1.82, 2.24) is 4.98 Å². The second-order valence-electron chi connectivity index (χ2n) is 10.7. The van der Waals surface area contributed by atoms with E-state index in [0.29, 0.717) is 62.6 Å². The summed E-state index contributed by atoms with van der Waals surface area (Å²) in [4.78, 5) is 4.32. The van der Waals surface area contributed by atoms with Crippen LogP contribution in [-0.4, -0.2) is 70.0 Å². The first-order chi connectivity index (χ1) is 21.7. The summed E-state index contributed by atoms with van der Waals surface area (Å²) >= 11 is 0. The Morgan fingerprint density at radius 3 is 1.34 bits per heavy atom. The van der Waals surface area contributed by atoms with Crippen molar-refractivity contribution in [3.63, 3.8) is 0 Å². The molecule has 44 heavy (non-hydrogen) atoms. The number of hydrogen-bond donors (Lipinski definition) is 0. The molecule has 0 bridgehead atoms. The molecular weight excluding hydrogens is 562 g/mol. The van der Waals surface area contributed by atoms with Gasteiger partial charge in [0, 0.05) is 6.07 Å². The maximum Gasteiger partial charge on any atom is 0.149 e. The minimum Gasteiger partial charge on any atom is -0.491 e. The van der Waals surface area contributed by atoms with Gasteiger partial charge in [0.05, 0.1) is 52.0 Å². The van der Waals surface area contributed by atoms with Crippen molar-refractivity contribution in [2.45, 2.75) is 12.2 Å². The summed E-state index contributed by atoms with van der Waals surface area (Å²) in [5, 5.41) is 4.19. The van der Waals surface area contributed by atoms with Gasteiger partial charge in [-0.15, -0.1) is 0 Å². The van der Waals surface area contributed by atoms with Crippen LogP contribution in [0.2, 0.25) is 0 Å². The van der Waals surface area contributed by atoms with Crippen LogP contribution in [0.25, 0.3) is 21.5 Å². The van der Waals surface area contributed by atoms with Gasteiger partial charge in [-0.05, 0) is 70.1 Å². The van der Waals surface area contributed by atoms with Gasteiger partial charge in [0.25, 0.3) is 0 Å². The van der Waals surface area contributed by atoms with E-state index in [-0.39, 0.29) is 12.2 Å². The molecule has 0 saturated carbocycles. The molecule has 7 rings (SSSR count). The molecular formula is C35H33NO8. The number of rotatable bonds is 16. The Labute approximate surface area is 255 Å². The molecule has 0 N–H and O–H groups in total. The predicted molar refractivity (Wildman–Crippen MR) is 164 cm³/mol. The molecule has 4 aromatic carbocycles. The van der Waals surface area contributed by atoms with Gasteiger partial charge in [-0.1, -0.05) is 24.3 Å². The van der Waals surface area contributed by atoms with Crippen LogP contribution in [0, 0.1) is 0 Å². The Balaban J connectivity index is 0.929. The molecule has 0 aliphatic carbocycles. The Hall–Kier alpha value is -4.41. The summed E-state index contributed by atoms with van der Waals surface area (Å²) in [5.74, 6) is 4.16. The minimum absolute atomic E-state index is 0.266. The van der Waals surface area contributed by atoms with E-state index in [9.17, 15) is 0 Å². The molecule has 1 aromatic heterocycles. The first kappa shape index (κ1) is 28.4. The van der Waals surface area contributed by atoms with Crippen LogP contribution in [-0.2, 0) is 18.9 Å². The van der Waals surface area contributed by atoms with Gasteiger partial charge in [0.15, 0.2) is 0 Å². The number of fused-ring (bicyclic) bond motifs is 2. The third-order valence-electron chi connectivity index (χ3n) is 7.13. The molecule has 9 nitrogen and oxygen atoms in total. The average molecular weight is 596 g/mol. The lowest BCUT2D eigenvalue weighted by Gasteiger charge is -2.11. The van der Waals surface area contributed by atoms with Gasteiger partial charge in [0.1, 0.15) is 59.9 Å². The highest BCUT2D eigenvalue weighted by atomic mass is 16.6. The normalized spacial score (nSPS) is 17.0. The third-order valence-corrected chi connectivity index (χ3v) is 7.13. The molecule has 9 heteroatoms. The molecule has 0 radical (unpaired) electrons. The standard InChI is InChI=1S/C35H33NO8/c1-5-28(39-11-9-37-20-34-22-41-34)13-24-3-7-30(15-26(1)24)43-32-17-33(19-36-18-32)44-31-8-4-25-14-29(6-2-27(25)16-31)40-12-10-38-21-35-23-42-35/h1-8,13-19,34-35H,9-12,20-23H2. The van der Waals surface area contributed by atoms with Crippen molar-refractivity contribution >= 4 is 21.5 Å². The monoisotopic (exact) mass is 595 g/mol. The maximum atomic E-state index is 6.13. The minimum atomic E-state index is 0.266. The first-order valence-electron chi connectivity index (χ1n) is 14.8. The van der Waals surface area contributed by atoms with Crippen molar-refractivity contribution in [1.29, 1.82) is 0 Å². The molecule has 2 aliphatic heterocycles. The largest absolute Gasteiger partial charge is 0.491 e. The second kappa shape index (κ2) is 13.5. The molecule has 0 amide bonds. The molecule has 226 valence electrons. The fourth-order valence-corrected chi connectivity index (χ4v) is 4.69. The van der Waals surface area contributed by atoms with Gasteiger partial charge in [0.2, 0.25) is 0 Å². The second-order valence-corrected chi connectivity index (χ2v) is 10.7. The van der Waals surface area contributed by atoms with E-state index >= 15 is 0 Å². The van der Waals surface area contributed by atoms with Gasteiger partial charge in [-0.25, -0.2) is 0 Å². The Bertz CT molecular complexity index is 1600. The third kappa shape index (κ3) is 7.94. The highest BCUT2D eigenvalue weighted by Crippen LogP contribution is 2.32. The molecule has 2 saturated heterocycles. The quantitative estimate of drug-likeness (QED) is 0.0929. The highest BCUT2D eigenvalue weighted by molar-refractivity contribution is 5.86. The zero-order chi connectivity index (χ0) is 29.6. The number of pyridine rings is 1. The van der Waals surface area contributed by atoms with Crippen molar-refractivity contribution in [3.8, 4) is 34.5 Å². The summed E-state index contributed by atoms with van der Waals surface area (Å²) in [7, 11) is 0. The van der Waals surface area contributed by atoms with E-state index in [4.69, 9.17) is 37.9 Å². The van der Waals surface area contributed by atoms with Crippen LogP contribution in [0.1, 0.15) is 0 Å². The number of benzene rings is 4. The van der Waals surface area contributed by atoms with Crippen LogP contribution < -0.4 is 18.9 Å². The number of aromatic nitrogens is 1. The summed E-state index contributed by atoms with van der Waals surface area (Å²) in [6.07, 6.45) is 3.86. The van der Waals surface area contributed by atoms with Crippen LogP contribution in [0.3, 0.4) is 0 Å². The van der Waals surface area contributed by atoms with Crippen molar-refractivity contribution < 1.29 is 37.9 Å². The van der Waals surface area contributed by atoms with Gasteiger partial charge in [-0.3, -0.25) is 4.98 Å². The Kier molecular flexibility index (Phi) is 8.69. The average Bonchev–Trinajstić information content (AvgIpc) is 3.98. The Morgan fingerprint density at radius 1 is 0.500 bits per heavy atom. The zero-order valence-corrected chi connectivity index (χ0v) is 24.2. The summed E-state index contributed by atoms with van der Waals surface area (Å²) in [5.41, 5.74) is 0. The molecule has 2 unspecified atom stereocenters. The van der Waals surface area contributed by atoms with Gasteiger partial charge < -0.3 is 37.9 Å². The predicted octanol–water partition coefficient (Wildman–Crippen LogP) is 6.56. The van der Waals surface area contributed by atoms with E-state index in [1.807, 2.05) is 78.9 Å². The summed E-state index contributed by atoms with van der Waals surface area (Å²) < 4.78 is 45.3. The summed E-state index contributed by atoms with van der Waals surface area (Å²) in [6.45, 7) is 4.91. The van der Waals surface area contributed by atoms with E-state index in [2.05, 4.69) is 4.98 Å². The lowest BCUT2D eigenvalue weighted by molar-refractivity contribution is 0.0879. The topological polar surface area (TPSA) is 93.3 Å². The fourth-order valence-electron chi connectivity index (χ4n) is 4.69. The molecule has 2 fully saturated rings. The molecule has 0 spiro atoms. The highest BCUT2D eigenvalue weighted by Gasteiger charge is 2.22. The van der Waals surface area contributed by atoms with Crippen molar-refractivity contribution in [2.24, 2.45) is 0 Å². The lowest BCUT2D eigenvalue weighted by Crippen LogP contribution is -2.10. The van der Waals surface area contributed by atoms with Crippen LogP contribution >= 0.6 is 0 Å². The maximum absolute atomic E-state index is 6.13. The summed E-state index contributed by atoms with van der Waals surface area (Å²) in [6, 6.07) is 25.6. The molecule has 2 aliphatic rings. The SMILES string of the molecule is c1cc2cc(Oc3cncc(Oc4ccc5cc(OCCOCC6CO6)ccc5c4)c3)ccc2cc1OCCOCC1CO1. The van der Waals surface area contributed by atoms with Crippen LogP contribution in [0.5, 0.6) is 34.5 Å². The van der Waals surface area contributed by atoms with E-state index in [1.165, 1.54) is 0 Å².